The quantitative estimate of drug-likeness (QED) is 0.0389. The molecule has 0 saturated carbocycles. The lowest BCUT2D eigenvalue weighted by atomic mass is 9.85. The standard InChI is InChI=1S/C55H71ClN8O13/c1-34-36(3)77-53-47(34)48(39-14-16-41(56)17-15-39)59-43(51-62-61-37(4)64(51)53)29-45(66)57-18-21-72-24-22-70-19-8-9-20-71-23-25-73-26-27-74-32-46(67)60-50(55(5,6)7)52(68)63-30-42(65)28-44(63)54(69)75-31-38-10-12-40(13-11-38)49-35(2)58-33-76-49/h10-17,33,42-44,50,65H,8-9,18-32H2,1-7H3,(H,57,66)(H,60,67)/t42-,43?,44+,50?/m1/s1. The number of nitrogens with zero attached hydrogens (tertiary/aromatic N) is 6. The molecule has 2 aliphatic rings. The van der Waals surface area contributed by atoms with E-state index in [2.05, 4.69) is 25.8 Å². The lowest BCUT2D eigenvalue weighted by molar-refractivity contribution is -0.156. The molecule has 3 amide bonds. The van der Waals surface area contributed by atoms with Crippen LogP contribution in [0.1, 0.15) is 97.9 Å². The van der Waals surface area contributed by atoms with E-state index in [1.165, 1.54) is 11.3 Å². The number of carbonyl (C=O) groups excluding carboxylic acids is 4. The molecule has 2 unspecified atom stereocenters. The predicted molar refractivity (Wildman–Crippen MR) is 283 cm³/mol. The molecule has 416 valence electrons. The highest BCUT2D eigenvalue weighted by atomic mass is 35.5. The van der Waals surface area contributed by atoms with Crippen molar-refractivity contribution >= 4 is 41.0 Å². The SMILES string of the molecule is Cc1ncoc1-c1ccc(COC(=O)[C@@H]2C[C@@H](O)CN2C(=O)C(NC(=O)COCCOCCOCCCCOCCOCCNC(=O)CC2N=C(c3ccc(Cl)cc3)c3c(oc(C)c3C)-n3c(C)nnc32)C(C)(C)C)cc1. The lowest BCUT2D eigenvalue weighted by Gasteiger charge is -2.35. The normalized spacial score (nSPS) is 16.6. The van der Waals surface area contributed by atoms with Crippen molar-refractivity contribution in [2.75, 3.05) is 79.2 Å². The maximum Gasteiger partial charge on any atom is 0.329 e. The van der Waals surface area contributed by atoms with Crippen molar-refractivity contribution < 1.29 is 61.5 Å². The van der Waals surface area contributed by atoms with Crippen molar-refractivity contribution in [3.8, 4) is 17.2 Å². The second-order valence-electron chi connectivity index (χ2n) is 20.0. The van der Waals surface area contributed by atoms with Gasteiger partial charge in [0.2, 0.25) is 23.6 Å². The van der Waals surface area contributed by atoms with Gasteiger partial charge in [0.1, 0.15) is 42.9 Å². The third kappa shape index (κ3) is 15.9. The van der Waals surface area contributed by atoms with Crippen LogP contribution in [-0.2, 0) is 54.2 Å². The van der Waals surface area contributed by atoms with Crippen LogP contribution in [0.15, 0.2) is 68.8 Å². The summed E-state index contributed by atoms with van der Waals surface area (Å²) in [7, 11) is 0. The molecule has 3 aromatic heterocycles. The molecule has 5 aromatic rings. The Kier molecular flexibility index (Phi) is 21.1. The predicted octanol–water partition coefficient (Wildman–Crippen LogP) is 5.90. The van der Waals surface area contributed by atoms with Crippen LogP contribution in [0.25, 0.3) is 17.2 Å². The van der Waals surface area contributed by atoms with Crippen LogP contribution in [0.4, 0.5) is 0 Å². The molecule has 2 aliphatic heterocycles. The number of aliphatic hydroxyl groups is 1. The first-order chi connectivity index (χ1) is 37.0. The molecule has 1 fully saturated rings. The Morgan fingerprint density at radius 1 is 0.818 bits per heavy atom. The fourth-order valence-electron chi connectivity index (χ4n) is 8.86. The van der Waals surface area contributed by atoms with Crippen LogP contribution in [0.3, 0.4) is 0 Å². The Labute approximate surface area is 453 Å². The minimum Gasteiger partial charge on any atom is -0.459 e. The zero-order valence-corrected chi connectivity index (χ0v) is 45.7. The Morgan fingerprint density at radius 3 is 2.10 bits per heavy atom. The van der Waals surface area contributed by atoms with Gasteiger partial charge in [-0.05, 0) is 63.6 Å². The van der Waals surface area contributed by atoms with E-state index in [1.54, 1.807) is 20.8 Å². The topological polar surface area (TPSA) is 253 Å². The van der Waals surface area contributed by atoms with Crippen LogP contribution in [0.2, 0.25) is 5.02 Å². The summed E-state index contributed by atoms with van der Waals surface area (Å²) in [5.41, 5.74) is 4.90. The number of hydrogen-bond acceptors (Lipinski definition) is 17. The van der Waals surface area contributed by atoms with Gasteiger partial charge < -0.3 is 57.9 Å². The maximum absolute atomic E-state index is 13.9. The summed E-state index contributed by atoms with van der Waals surface area (Å²) in [4.78, 5) is 63.9. The van der Waals surface area contributed by atoms with E-state index in [0.29, 0.717) is 86.8 Å². The molecule has 4 atom stereocenters. The monoisotopic (exact) mass is 1090 g/mol. The van der Waals surface area contributed by atoms with Crippen LogP contribution >= 0.6 is 11.6 Å². The maximum atomic E-state index is 13.9. The number of aliphatic imine (C=N–C) groups is 1. The number of aryl methyl sites for hydroxylation is 3. The van der Waals surface area contributed by atoms with Gasteiger partial charge in [0.25, 0.3) is 0 Å². The number of aliphatic hydroxyl groups excluding tert-OH is 1. The van der Waals surface area contributed by atoms with Crippen LogP contribution in [0.5, 0.6) is 0 Å². The van der Waals surface area contributed by atoms with Crippen molar-refractivity contribution in [3.05, 3.63) is 105 Å². The number of benzene rings is 2. The van der Waals surface area contributed by atoms with Crippen molar-refractivity contribution in [1.29, 1.82) is 0 Å². The van der Waals surface area contributed by atoms with E-state index >= 15 is 0 Å². The molecular formula is C55H71ClN8O13. The molecule has 0 radical (unpaired) electrons. The first-order valence-electron chi connectivity index (χ1n) is 26.0. The zero-order valence-electron chi connectivity index (χ0n) is 44.9. The summed E-state index contributed by atoms with van der Waals surface area (Å²) in [6.45, 7) is 16.2. The molecule has 22 heteroatoms. The van der Waals surface area contributed by atoms with Gasteiger partial charge in [-0.15, -0.1) is 10.2 Å². The fraction of sp³-hybridized carbons (Fsp3) is 0.527. The number of ether oxygens (including phenoxy) is 6. The highest BCUT2D eigenvalue weighted by molar-refractivity contribution is 6.30. The first kappa shape index (κ1) is 58.4. The largest absolute Gasteiger partial charge is 0.459 e. The minimum atomic E-state index is -1.02. The van der Waals surface area contributed by atoms with E-state index in [4.69, 9.17) is 53.8 Å². The summed E-state index contributed by atoms with van der Waals surface area (Å²) < 4.78 is 47.3. The van der Waals surface area contributed by atoms with Gasteiger partial charge in [0.05, 0.1) is 75.7 Å². The molecular weight excluding hydrogens is 1020 g/mol. The van der Waals surface area contributed by atoms with E-state index in [9.17, 15) is 24.3 Å². The van der Waals surface area contributed by atoms with Gasteiger partial charge in [0.15, 0.2) is 18.0 Å². The highest BCUT2D eigenvalue weighted by Crippen LogP contribution is 2.37. The Hall–Kier alpha value is -6.33. The number of carbonyl (C=O) groups is 4. The summed E-state index contributed by atoms with van der Waals surface area (Å²) >= 11 is 6.21. The van der Waals surface area contributed by atoms with Crippen molar-refractivity contribution in [1.82, 2.24) is 35.3 Å². The highest BCUT2D eigenvalue weighted by Gasteiger charge is 2.45. The summed E-state index contributed by atoms with van der Waals surface area (Å²) in [6.07, 6.45) is 2.13. The van der Waals surface area contributed by atoms with Crippen molar-refractivity contribution in [3.63, 3.8) is 0 Å². The average molecular weight is 1090 g/mol. The second kappa shape index (κ2) is 27.8. The van der Waals surface area contributed by atoms with E-state index < -0.39 is 47.4 Å². The average Bonchev–Trinajstić information content (AvgIpc) is 4.30. The number of nitrogens with one attached hydrogen (secondary N) is 2. The number of unbranched alkanes of at least 4 members (excludes halogenated alkanes) is 1. The number of amides is 3. The van der Waals surface area contributed by atoms with E-state index in [1.807, 2.05) is 80.8 Å². The molecule has 0 aliphatic carbocycles. The molecule has 2 aromatic carbocycles. The third-order valence-electron chi connectivity index (χ3n) is 13.1. The van der Waals surface area contributed by atoms with Crippen LogP contribution < -0.4 is 10.6 Å². The number of halogens is 1. The molecule has 1 saturated heterocycles. The number of aromatic nitrogens is 4. The van der Waals surface area contributed by atoms with Gasteiger partial charge in [-0.1, -0.05) is 68.8 Å². The summed E-state index contributed by atoms with van der Waals surface area (Å²) in [5, 5.41) is 25.5. The van der Waals surface area contributed by atoms with Gasteiger partial charge in [-0.25, -0.2) is 14.3 Å². The Morgan fingerprint density at radius 2 is 1.45 bits per heavy atom. The lowest BCUT2D eigenvalue weighted by Crippen LogP contribution is -2.57. The smallest absolute Gasteiger partial charge is 0.329 e. The van der Waals surface area contributed by atoms with Gasteiger partial charge >= 0.3 is 5.97 Å². The summed E-state index contributed by atoms with van der Waals surface area (Å²) in [6, 6.07) is 12.1. The third-order valence-corrected chi connectivity index (χ3v) is 13.3. The van der Waals surface area contributed by atoms with Crippen molar-refractivity contribution in [2.24, 2.45) is 10.4 Å². The van der Waals surface area contributed by atoms with Gasteiger partial charge in [-0.2, -0.15) is 0 Å². The number of oxazole rings is 1. The van der Waals surface area contributed by atoms with E-state index in [-0.39, 0.29) is 51.7 Å². The number of fused-ring (bicyclic) bond motifs is 3. The fourth-order valence-corrected chi connectivity index (χ4v) is 8.98. The molecule has 21 nitrogen and oxygen atoms in total. The molecule has 5 heterocycles. The molecule has 7 rings (SSSR count). The number of likely N-dealkylation sites (tertiary alicyclic amines) is 1. The summed E-state index contributed by atoms with van der Waals surface area (Å²) in [5.74, 6) is 1.28. The molecule has 0 spiro atoms. The minimum absolute atomic E-state index is 0.0180. The van der Waals surface area contributed by atoms with Crippen LogP contribution in [0, 0.1) is 33.1 Å². The molecule has 3 N–H and O–H groups in total. The first-order valence-corrected chi connectivity index (χ1v) is 26.3. The molecule has 0 bridgehead atoms. The zero-order chi connectivity index (χ0) is 55.1. The Balaban J connectivity index is 0.695. The second-order valence-corrected chi connectivity index (χ2v) is 20.4. The number of furan rings is 1. The van der Waals surface area contributed by atoms with Crippen molar-refractivity contribution in [2.45, 2.75) is 105 Å². The Bertz CT molecular complexity index is 2790. The van der Waals surface area contributed by atoms with Gasteiger partial charge in [0, 0.05) is 54.4 Å². The molecule has 77 heavy (non-hydrogen) atoms. The van der Waals surface area contributed by atoms with Crippen LogP contribution in [-0.4, -0.2) is 157 Å². The number of rotatable bonds is 28. The number of hydrogen-bond donors (Lipinski definition) is 3. The van der Waals surface area contributed by atoms with Gasteiger partial charge in [-0.3, -0.25) is 19.4 Å². The number of β-amino-alcohol motifs (C(OH)–C–C–N with tert-alkyl or cyclic N) is 1. The number of esters is 1. The van der Waals surface area contributed by atoms with E-state index in [0.717, 1.165) is 52.1 Å².